The summed E-state index contributed by atoms with van der Waals surface area (Å²) in [6, 6.07) is 11.4. The molecule has 1 fully saturated rings. The fourth-order valence-electron chi connectivity index (χ4n) is 3.64. The number of likely N-dealkylation sites (tertiary alicyclic amines) is 1. The standard InChI is InChI=1S/C23H23BrN2O6/c1-14(2)32-13-5-12-25-20(17-6-3-4-7-18(17)26(30)31)19(22(28)23(25)29)21(27)15-8-10-16(24)11-9-15/h3-4,6-11,14,20,27H,5,12-13H2,1-2H3/t20-/m0/s1. The van der Waals surface area contributed by atoms with E-state index in [2.05, 4.69) is 15.9 Å². The molecule has 0 aliphatic carbocycles. The number of rotatable bonds is 8. The van der Waals surface area contributed by atoms with Gasteiger partial charge in [0.25, 0.3) is 17.4 Å². The molecule has 1 atom stereocenters. The zero-order valence-corrected chi connectivity index (χ0v) is 19.2. The fourth-order valence-corrected chi connectivity index (χ4v) is 3.90. The Hall–Kier alpha value is -3.04. The number of ketones is 1. The SMILES string of the molecule is CC(C)OCCCN1C(=O)C(=O)C(=C(O)c2ccc(Br)cc2)[C@@H]1c1ccccc1[N+](=O)[O-]. The van der Waals surface area contributed by atoms with E-state index in [1.54, 1.807) is 30.3 Å². The molecule has 1 N–H and O–H groups in total. The number of aliphatic hydroxyl groups is 1. The van der Waals surface area contributed by atoms with Crippen LogP contribution in [0.5, 0.6) is 0 Å². The second-order valence-corrected chi connectivity index (χ2v) is 8.50. The van der Waals surface area contributed by atoms with Crippen LogP contribution >= 0.6 is 15.9 Å². The number of amides is 1. The van der Waals surface area contributed by atoms with Gasteiger partial charge in [-0.25, -0.2) is 0 Å². The van der Waals surface area contributed by atoms with Gasteiger partial charge in [0.2, 0.25) is 0 Å². The van der Waals surface area contributed by atoms with Crippen LogP contribution in [0.1, 0.15) is 37.4 Å². The van der Waals surface area contributed by atoms with Crippen molar-refractivity contribution in [3.05, 3.63) is 79.8 Å². The van der Waals surface area contributed by atoms with Crippen molar-refractivity contribution in [3.63, 3.8) is 0 Å². The molecule has 1 amide bonds. The monoisotopic (exact) mass is 502 g/mol. The van der Waals surface area contributed by atoms with Crippen molar-refractivity contribution in [2.24, 2.45) is 0 Å². The predicted molar refractivity (Wildman–Crippen MR) is 122 cm³/mol. The number of aliphatic hydroxyl groups excluding tert-OH is 1. The largest absolute Gasteiger partial charge is 0.507 e. The molecule has 0 bridgehead atoms. The Morgan fingerprint density at radius 1 is 1.19 bits per heavy atom. The third-order valence-corrected chi connectivity index (χ3v) is 5.61. The van der Waals surface area contributed by atoms with Crippen molar-refractivity contribution < 1.29 is 24.4 Å². The normalized spacial score (nSPS) is 17.9. The van der Waals surface area contributed by atoms with Crippen LogP contribution in [0, 0.1) is 10.1 Å². The zero-order valence-electron chi connectivity index (χ0n) is 17.7. The highest BCUT2D eigenvalue weighted by molar-refractivity contribution is 9.10. The van der Waals surface area contributed by atoms with E-state index in [9.17, 15) is 24.8 Å². The summed E-state index contributed by atoms with van der Waals surface area (Å²) in [6.07, 6.45) is 0.439. The first kappa shape index (κ1) is 23.6. The summed E-state index contributed by atoms with van der Waals surface area (Å²) in [6.45, 7) is 4.28. The zero-order chi connectivity index (χ0) is 23.4. The quantitative estimate of drug-likeness (QED) is 0.141. The Morgan fingerprint density at radius 3 is 2.47 bits per heavy atom. The molecule has 8 nitrogen and oxygen atoms in total. The number of halogens is 1. The molecule has 168 valence electrons. The molecule has 3 rings (SSSR count). The van der Waals surface area contributed by atoms with Gasteiger partial charge in [-0.15, -0.1) is 0 Å². The second kappa shape index (κ2) is 10.1. The molecule has 1 heterocycles. The average molecular weight is 503 g/mol. The van der Waals surface area contributed by atoms with Gasteiger partial charge in [-0.1, -0.05) is 40.2 Å². The van der Waals surface area contributed by atoms with E-state index < -0.39 is 22.7 Å². The first-order valence-electron chi connectivity index (χ1n) is 10.1. The lowest BCUT2D eigenvalue weighted by atomic mass is 9.94. The number of ether oxygens (including phenoxy) is 1. The van der Waals surface area contributed by atoms with E-state index in [1.165, 1.54) is 23.1 Å². The maximum atomic E-state index is 13.0. The van der Waals surface area contributed by atoms with Gasteiger partial charge >= 0.3 is 0 Å². The summed E-state index contributed by atoms with van der Waals surface area (Å²) >= 11 is 3.31. The summed E-state index contributed by atoms with van der Waals surface area (Å²) in [7, 11) is 0. The number of para-hydroxylation sites is 1. The molecule has 0 unspecified atom stereocenters. The van der Waals surface area contributed by atoms with Gasteiger partial charge in [-0.2, -0.15) is 0 Å². The Labute approximate surface area is 193 Å². The predicted octanol–water partition coefficient (Wildman–Crippen LogP) is 4.59. The molecule has 2 aromatic rings. The molecule has 0 spiro atoms. The second-order valence-electron chi connectivity index (χ2n) is 7.59. The van der Waals surface area contributed by atoms with Crippen molar-refractivity contribution in [1.29, 1.82) is 0 Å². The number of Topliss-reactive ketones (excluding diaryl/α,β-unsaturated/α-hetero) is 1. The Morgan fingerprint density at radius 2 is 1.84 bits per heavy atom. The topological polar surface area (TPSA) is 110 Å². The first-order valence-corrected chi connectivity index (χ1v) is 10.9. The number of benzene rings is 2. The molecule has 0 saturated carbocycles. The lowest BCUT2D eigenvalue weighted by Crippen LogP contribution is -2.31. The highest BCUT2D eigenvalue weighted by Crippen LogP contribution is 2.42. The van der Waals surface area contributed by atoms with Crippen molar-refractivity contribution in [1.82, 2.24) is 4.90 Å². The van der Waals surface area contributed by atoms with Crippen molar-refractivity contribution >= 4 is 39.1 Å². The number of hydrogen-bond acceptors (Lipinski definition) is 6. The van der Waals surface area contributed by atoms with E-state index in [0.717, 1.165) is 4.47 Å². The lowest BCUT2D eigenvalue weighted by Gasteiger charge is -2.25. The van der Waals surface area contributed by atoms with Gasteiger partial charge in [0.1, 0.15) is 5.76 Å². The van der Waals surface area contributed by atoms with Crippen LogP contribution in [0.3, 0.4) is 0 Å². The minimum Gasteiger partial charge on any atom is -0.507 e. The summed E-state index contributed by atoms with van der Waals surface area (Å²) in [4.78, 5) is 38.3. The number of hydrogen-bond donors (Lipinski definition) is 1. The van der Waals surface area contributed by atoms with Gasteiger partial charge in [-0.05, 0) is 38.5 Å². The van der Waals surface area contributed by atoms with Gasteiger partial charge in [0.05, 0.1) is 28.2 Å². The van der Waals surface area contributed by atoms with E-state index in [4.69, 9.17) is 4.74 Å². The van der Waals surface area contributed by atoms with E-state index >= 15 is 0 Å². The molecule has 2 aromatic carbocycles. The number of carbonyl (C=O) groups is 2. The Balaban J connectivity index is 2.11. The van der Waals surface area contributed by atoms with E-state index in [1.807, 2.05) is 13.8 Å². The van der Waals surface area contributed by atoms with Gasteiger partial charge in [-0.3, -0.25) is 19.7 Å². The highest BCUT2D eigenvalue weighted by Gasteiger charge is 2.47. The van der Waals surface area contributed by atoms with Crippen LogP contribution in [0.15, 0.2) is 58.6 Å². The molecule has 32 heavy (non-hydrogen) atoms. The minimum atomic E-state index is -1.08. The van der Waals surface area contributed by atoms with Crippen LogP contribution < -0.4 is 0 Å². The van der Waals surface area contributed by atoms with E-state index in [-0.39, 0.29) is 35.2 Å². The van der Waals surface area contributed by atoms with Crippen LogP contribution in [0.4, 0.5) is 5.69 Å². The summed E-state index contributed by atoms with van der Waals surface area (Å²) < 4.78 is 6.30. The molecular weight excluding hydrogens is 480 g/mol. The molecule has 0 radical (unpaired) electrons. The Bertz CT molecular complexity index is 1060. The average Bonchev–Trinajstić information content (AvgIpc) is 3.01. The number of nitrogens with zero attached hydrogens (tertiary/aromatic N) is 2. The number of nitro benzene ring substituents is 1. The first-order chi connectivity index (χ1) is 15.2. The lowest BCUT2D eigenvalue weighted by molar-refractivity contribution is -0.385. The van der Waals surface area contributed by atoms with Crippen molar-refractivity contribution in [2.75, 3.05) is 13.2 Å². The van der Waals surface area contributed by atoms with Crippen molar-refractivity contribution in [2.45, 2.75) is 32.4 Å². The maximum Gasteiger partial charge on any atom is 0.295 e. The van der Waals surface area contributed by atoms with E-state index in [0.29, 0.717) is 18.6 Å². The summed E-state index contributed by atoms with van der Waals surface area (Å²) in [5, 5.41) is 22.7. The molecule has 1 aliphatic rings. The van der Waals surface area contributed by atoms with Crippen LogP contribution in [0.25, 0.3) is 5.76 Å². The van der Waals surface area contributed by atoms with Crippen molar-refractivity contribution in [3.8, 4) is 0 Å². The van der Waals surface area contributed by atoms with Gasteiger partial charge < -0.3 is 14.7 Å². The van der Waals surface area contributed by atoms with Crippen LogP contribution in [-0.4, -0.2) is 45.9 Å². The van der Waals surface area contributed by atoms with Crippen LogP contribution in [-0.2, 0) is 14.3 Å². The molecule has 9 heteroatoms. The molecular formula is C23H23BrN2O6. The van der Waals surface area contributed by atoms with Crippen LogP contribution in [0.2, 0.25) is 0 Å². The molecule has 0 aromatic heterocycles. The Kier molecular flexibility index (Phi) is 7.42. The smallest absolute Gasteiger partial charge is 0.295 e. The third kappa shape index (κ3) is 4.89. The molecule has 1 aliphatic heterocycles. The summed E-state index contributed by atoms with van der Waals surface area (Å²) in [5.74, 6) is -2.06. The summed E-state index contributed by atoms with van der Waals surface area (Å²) in [5.41, 5.74) is 0.0963. The highest BCUT2D eigenvalue weighted by atomic mass is 79.9. The van der Waals surface area contributed by atoms with Gasteiger partial charge in [0.15, 0.2) is 0 Å². The van der Waals surface area contributed by atoms with Gasteiger partial charge in [0, 0.05) is 29.3 Å². The molecule has 1 saturated heterocycles. The third-order valence-electron chi connectivity index (χ3n) is 5.08. The fraction of sp³-hybridized carbons (Fsp3) is 0.304. The maximum absolute atomic E-state index is 13.0. The minimum absolute atomic E-state index is 0.00817. The number of nitro groups is 1. The number of carbonyl (C=O) groups excluding carboxylic acids is 2.